The van der Waals surface area contributed by atoms with E-state index in [4.69, 9.17) is 20.8 Å². The fourth-order valence-electron chi connectivity index (χ4n) is 3.23. The topological polar surface area (TPSA) is 56.5 Å². The molecule has 0 saturated carbocycles. The summed E-state index contributed by atoms with van der Waals surface area (Å²) in [5.41, 5.74) is 2.50. The number of halogens is 1. The molecule has 0 radical (unpaired) electrons. The van der Waals surface area contributed by atoms with Crippen LogP contribution in [0.1, 0.15) is 36.7 Å². The summed E-state index contributed by atoms with van der Waals surface area (Å²) in [5, 5.41) is 0.942. The van der Waals surface area contributed by atoms with Crippen LogP contribution >= 0.6 is 11.6 Å². The standard InChI is InChI=1S/C26H21ClO4/c1-26(2,3)18-8-4-17(5-9-18)25(29)30-20-12-13-23-21(14-20)22(28)15-24(31-23)16-6-10-19(27)11-7-16/h4-15H,1-3H3. The Morgan fingerprint density at radius 1 is 0.903 bits per heavy atom. The molecule has 4 rings (SSSR count). The molecule has 0 atom stereocenters. The van der Waals surface area contributed by atoms with Crippen LogP contribution in [-0.4, -0.2) is 5.97 Å². The monoisotopic (exact) mass is 432 g/mol. The molecule has 0 bridgehead atoms. The summed E-state index contributed by atoms with van der Waals surface area (Å²) in [5.74, 6) is 0.240. The first-order valence-corrected chi connectivity index (χ1v) is 10.2. The summed E-state index contributed by atoms with van der Waals surface area (Å²) in [4.78, 5) is 25.2. The lowest BCUT2D eigenvalue weighted by Crippen LogP contribution is -2.13. The second-order valence-corrected chi connectivity index (χ2v) is 8.79. The van der Waals surface area contributed by atoms with Crippen LogP contribution in [0.4, 0.5) is 0 Å². The predicted molar refractivity (Wildman–Crippen MR) is 123 cm³/mol. The molecule has 0 aliphatic rings. The van der Waals surface area contributed by atoms with E-state index in [1.165, 1.54) is 12.1 Å². The zero-order valence-electron chi connectivity index (χ0n) is 17.4. The fourth-order valence-corrected chi connectivity index (χ4v) is 3.35. The summed E-state index contributed by atoms with van der Waals surface area (Å²) in [6, 6.07) is 20.5. The van der Waals surface area contributed by atoms with Gasteiger partial charge >= 0.3 is 5.97 Å². The molecule has 0 unspecified atom stereocenters. The van der Waals surface area contributed by atoms with E-state index in [-0.39, 0.29) is 16.6 Å². The van der Waals surface area contributed by atoms with Crippen molar-refractivity contribution in [3.8, 4) is 17.1 Å². The molecule has 156 valence electrons. The van der Waals surface area contributed by atoms with Gasteiger partial charge in [0.05, 0.1) is 10.9 Å². The van der Waals surface area contributed by atoms with E-state index in [1.54, 1.807) is 48.5 Å². The highest BCUT2D eigenvalue weighted by molar-refractivity contribution is 6.30. The molecular weight excluding hydrogens is 412 g/mol. The molecule has 4 aromatic rings. The highest BCUT2D eigenvalue weighted by atomic mass is 35.5. The first-order chi connectivity index (χ1) is 14.7. The number of ether oxygens (including phenoxy) is 1. The Labute approximate surface area is 185 Å². The second-order valence-electron chi connectivity index (χ2n) is 8.36. The third kappa shape index (κ3) is 4.54. The van der Waals surface area contributed by atoms with Crippen molar-refractivity contribution in [3.63, 3.8) is 0 Å². The number of hydrogen-bond acceptors (Lipinski definition) is 4. The largest absolute Gasteiger partial charge is 0.456 e. The molecule has 0 amide bonds. The Bertz CT molecular complexity index is 1310. The van der Waals surface area contributed by atoms with Crippen LogP contribution in [0.5, 0.6) is 5.75 Å². The molecule has 4 nitrogen and oxygen atoms in total. The van der Waals surface area contributed by atoms with E-state index in [0.29, 0.717) is 27.3 Å². The maximum atomic E-state index is 12.7. The highest BCUT2D eigenvalue weighted by Gasteiger charge is 2.16. The van der Waals surface area contributed by atoms with E-state index in [0.717, 1.165) is 11.1 Å². The van der Waals surface area contributed by atoms with Crippen molar-refractivity contribution >= 4 is 28.5 Å². The van der Waals surface area contributed by atoms with Gasteiger partial charge in [-0.3, -0.25) is 4.79 Å². The minimum atomic E-state index is -0.484. The first kappa shape index (κ1) is 20.9. The Hall–Kier alpha value is -3.37. The van der Waals surface area contributed by atoms with Crippen molar-refractivity contribution in [1.29, 1.82) is 0 Å². The molecule has 0 spiro atoms. The van der Waals surface area contributed by atoms with Crippen LogP contribution in [0, 0.1) is 0 Å². The van der Waals surface area contributed by atoms with Gasteiger partial charge in [-0.15, -0.1) is 0 Å². The molecule has 1 heterocycles. The number of fused-ring (bicyclic) bond motifs is 1. The molecule has 5 heteroatoms. The minimum Gasteiger partial charge on any atom is -0.456 e. The highest BCUT2D eigenvalue weighted by Crippen LogP contribution is 2.26. The van der Waals surface area contributed by atoms with Gasteiger partial charge in [-0.25, -0.2) is 4.79 Å². The lowest BCUT2D eigenvalue weighted by molar-refractivity contribution is 0.0735. The average Bonchev–Trinajstić information content (AvgIpc) is 2.74. The van der Waals surface area contributed by atoms with Gasteiger partial charge in [-0.05, 0) is 65.6 Å². The van der Waals surface area contributed by atoms with Gasteiger partial charge in [-0.1, -0.05) is 44.5 Å². The van der Waals surface area contributed by atoms with Crippen LogP contribution in [-0.2, 0) is 5.41 Å². The van der Waals surface area contributed by atoms with E-state index in [2.05, 4.69) is 20.8 Å². The molecule has 1 aromatic heterocycles. The molecule has 3 aromatic carbocycles. The Morgan fingerprint density at radius 3 is 2.23 bits per heavy atom. The van der Waals surface area contributed by atoms with E-state index < -0.39 is 5.97 Å². The number of hydrogen-bond donors (Lipinski definition) is 0. The van der Waals surface area contributed by atoms with E-state index in [9.17, 15) is 9.59 Å². The Balaban J connectivity index is 1.60. The van der Waals surface area contributed by atoms with Gasteiger partial charge < -0.3 is 9.15 Å². The maximum Gasteiger partial charge on any atom is 0.343 e. The van der Waals surface area contributed by atoms with Crippen LogP contribution in [0.3, 0.4) is 0 Å². The minimum absolute atomic E-state index is 0.000326. The van der Waals surface area contributed by atoms with Crippen LogP contribution in [0.25, 0.3) is 22.3 Å². The molecule has 31 heavy (non-hydrogen) atoms. The third-order valence-corrected chi connectivity index (χ3v) is 5.28. The maximum absolute atomic E-state index is 12.7. The van der Waals surface area contributed by atoms with Crippen LogP contribution < -0.4 is 10.2 Å². The molecule has 0 aliphatic carbocycles. The molecule has 0 N–H and O–H groups in total. The van der Waals surface area contributed by atoms with Crippen molar-refractivity contribution < 1.29 is 13.9 Å². The number of carbonyl (C=O) groups is 1. The summed E-state index contributed by atoms with van der Waals surface area (Å²) >= 11 is 5.92. The smallest absolute Gasteiger partial charge is 0.343 e. The zero-order valence-corrected chi connectivity index (χ0v) is 18.2. The van der Waals surface area contributed by atoms with Gasteiger partial charge in [0.2, 0.25) is 0 Å². The third-order valence-electron chi connectivity index (χ3n) is 5.02. The Kier molecular flexibility index (Phi) is 5.42. The van der Waals surface area contributed by atoms with Gasteiger partial charge in [0, 0.05) is 16.7 Å². The fraction of sp³-hybridized carbons (Fsp3) is 0.154. The van der Waals surface area contributed by atoms with Crippen molar-refractivity contribution in [3.05, 3.63) is 99.2 Å². The number of carbonyl (C=O) groups excluding carboxylic acids is 1. The summed E-state index contributed by atoms with van der Waals surface area (Å²) < 4.78 is 11.4. The summed E-state index contributed by atoms with van der Waals surface area (Å²) in [6.07, 6.45) is 0. The van der Waals surface area contributed by atoms with Crippen LogP contribution in [0.2, 0.25) is 5.02 Å². The van der Waals surface area contributed by atoms with Crippen molar-refractivity contribution in [1.82, 2.24) is 0 Å². The lowest BCUT2D eigenvalue weighted by Gasteiger charge is -2.18. The molecule has 0 saturated heterocycles. The first-order valence-electron chi connectivity index (χ1n) is 9.87. The van der Waals surface area contributed by atoms with Crippen molar-refractivity contribution in [2.24, 2.45) is 0 Å². The van der Waals surface area contributed by atoms with Crippen molar-refractivity contribution in [2.75, 3.05) is 0 Å². The Morgan fingerprint density at radius 2 is 1.58 bits per heavy atom. The summed E-state index contributed by atoms with van der Waals surface area (Å²) in [7, 11) is 0. The normalized spacial score (nSPS) is 11.5. The van der Waals surface area contributed by atoms with Gasteiger partial charge in [0.1, 0.15) is 17.1 Å². The van der Waals surface area contributed by atoms with Gasteiger partial charge in [0.15, 0.2) is 5.43 Å². The average molecular weight is 433 g/mol. The van der Waals surface area contributed by atoms with Gasteiger partial charge in [-0.2, -0.15) is 0 Å². The number of rotatable bonds is 3. The SMILES string of the molecule is CC(C)(C)c1ccc(C(=O)Oc2ccc3oc(-c4ccc(Cl)cc4)cc(=O)c3c2)cc1. The number of benzene rings is 3. The lowest BCUT2D eigenvalue weighted by atomic mass is 9.87. The summed E-state index contributed by atoms with van der Waals surface area (Å²) in [6.45, 7) is 6.33. The molecule has 0 aliphatic heterocycles. The number of esters is 1. The van der Waals surface area contributed by atoms with Gasteiger partial charge in [0.25, 0.3) is 0 Å². The molecule has 0 fully saturated rings. The second kappa shape index (κ2) is 8.05. The predicted octanol–water partition coefficient (Wildman–Crippen LogP) is 6.63. The van der Waals surface area contributed by atoms with E-state index >= 15 is 0 Å². The van der Waals surface area contributed by atoms with E-state index in [1.807, 2.05) is 12.1 Å². The molecular formula is C26H21ClO4. The quantitative estimate of drug-likeness (QED) is 0.269. The van der Waals surface area contributed by atoms with Crippen LogP contribution in [0.15, 0.2) is 82.0 Å². The zero-order chi connectivity index (χ0) is 22.2. The van der Waals surface area contributed by atoms with Crippen molar-refractivity contribution in [2.45, 2.75) is 26.2 Å².